The molecule has 54 heavy (non-hydrogen) atoms. The Labute approximate surface area is 316 Å². The van der Waals surface area contributed by atoms with Crippen molar-refractivity contribution in [1.29, 1.82) is 0 Å². The molecule has 0 fully saturated rings. The molecule has 1 aromatic rings. The first-order valence-electron chi connectivity index (χ1n) is 17.9. The summed E-state index contributed by atoms with van der Waals surface area (Å²) in [6.07, 6.45) is -2.54. The Morgan fingerprint density at radius 3 is 1.44 bits per heavy atom. The van der Waals surface area contributed by atoms with E-state index in [0.717, 1.165) is 7.11 Å². The third kappa shape index (κ3) is 19.0. The highest BCUT2D eigenvalue weighted by Crippen LogP contribution is 2.13. The number of hydrogen-bond acceptors (Lipinski definition) is 10. The smallest absolute Gasteiger partial charge is 0.408 e. The van der Waals surface area contributed by atoms with Crippen LogP contribution in [0.25, 0.3) is 0 Å². The van der Waals surface area contributed by atoms with Crippen LogP contribution in [0.3, 0.4) is 0 Å². The molecular formula is C37H57N5O12. The number of rotatable bonds is 22. The van der Waals surface area contributed by atoms with Gasteiger partial charge in [-0.05, 0) is 63.9 Å². The van der Waals surface area contributed by atoms with E-state index in [1.165, 1.54) is 0 Å². The van der Waals surface area contributed by atoms with E-state index in [1.54, 1.807) is 78.8 Å². The summed E-state index contributed by atoms with van der Waals surface area (Å²) in [7, 11) is 1.14. The molecular weight excluding hydrogens is 706 g/mol. The molecule has 0 aliphatic heterocycles. The van der Waals surface area contributed by atoms with Crippen LogP contribution in [-0.2, 0) is 49.5 Å². The standard InChI is InChI=1S/C37H57N5O12/c1-21(2)18-26(40-34(50)27(20-23-12-10-9-11-13-23)42-36(52)54-37(5,6)7)33(49)39-24(14-16-29(43)44)31(47)38-25(15-17-30(45)46)32(48)41-28(19-22(3)4)35(51)53-8/h9-13,21-22,24-28H,14-20H2,1-8H3,(H,38,47)(H,39,49)(H,40,50)(H,41,48)(H,42,52)(H,43,44)(H,45,46)/t24-,25+,26-,27-,28-/m0/s1. The molecule has 1 aromatic carbocycles. The summed E-state index contributed by atoms with van der Waals surface area (Å²) >= 11 is 0. The summed E-state index contributed by atoms with van der Waals surface area (Å²) < 4.78 is 10.1. The average Bonchev–Trinajstić information content (AvgIpc) is 3.05. The maximum absolute atomic E-state index is 13.8. The molecule has 302 valence electrons. The predicted octanol–water partition coefficient (Wildman–Crippen LogP) is 2.06. The molecule has 17 heteroatoms. The van der Waals surface area contributed by atoms with Gasteiger partial charge in [0.05, 0.1) is 7.11 Å². The third-order valence-corrected chi connectivity index (χ3v) is 7.70. The quantitative estimate of drug-likeness (QED) is 0.0838. The molecule has 0 spiro atoms. The minimum atomic E-state index is -1.55. The number of methoxy groups -OCH3 is 1. The van der Waals surface area contributed by atoms with E-state index < -0.39 is 109 Å². The van der Waals surface area contributed by atoms with Crippen LogP contribution in [0.2, 0.25) is 0 Å². The van der Waals surface area contributed by atoms with Gasteiger partial charge < -0.3 is 46.3 Å². The van der Waals surface area contributed by atoms with E-state index in [1.807, 2.05) is 0 Å². The largest absolute Gasteiger partial charge is 0.481 e. The fraction of sp³-hybridized carbons (Fsp3) is 0.622. The Morgan fingerprint density at radius 2 is 1.02 bits per heavy atom. The number of carbonyl (C=O) groups excluding carboxylic acids is 6. The van der Waals surface area contributed by atoms with Crippen LogP contribution in [0.5, 0.6) is 0 Å². The summed E-state index contributed by atoms with van der Waals surface area (Å²) in [6, 6.07) is 2.21. The first-order valence-corrected chi connectivity index (χ1v) is 17.9. The van der Waals surface area contributed by atoms with Crippen molar-refractivity contribution in [1.82, 2.24) is 26.6 Å². The second kappa shape index (κ2) is 22.8. The van der Waals surface area contributed by atoms with E-state index in [2.05, 4.69) is 26.6 Å². The third-order valence-electron chi connectivity index (χ3n) is 7.70. The highest BCUT2D eigenvalue weighted by Gasteiger charge is 2.34. The van der Waals surface area contributed by atoms with E-state index in [4.69, 9.17) is 9.47 Å². The van der Waals surface area contributed by atoms with Crippen molar-refractivity contribution in [2.24, 2.45) is 11.8 Å². The van der Waals surface area contributed by atoms with Gasteiger partial charge in [-0.1, -0.05) is 58.0 Å². The van der Waals surface area contributed by atoms with Crippen LogP contribution >= 0.6 is 0 Å². The topological polar surface area (TPSA) is 256 Å². The lowest BCUT2D eigenvalue weighted by molar-refractivity contribution is -0.146. The number of carboxylic acids is 2. The molecule has 0 saturated carbocycles. The van der Waals surface area contributed by atoms with Crippen LogP contribution < -0.4 is 26.6 Å². The van der Waals surface area contributed by atoms with Gasteiger partial charge >= 0.3 is 24.0 Å². The summed E-state index contributed by atoms with van der Waals surface area (Å²) in [5.74, 6) is -7.03. The molecule has 0 bridgehead atoms. The van der Waals surface area contributed by atoms with Crippen molar-refractivity contribution in [3.05, 3.63) is 35.9 Å². The second-order valence-corrected chi connectivity index (χ2v) is 14.8. The second-order valence-electron chi connectivity index (χ2n) is 14.8. The highest BCUT2D eigenvalue weighted by atomic mass is 16.6. The van der Waals surface area contributed by atoms with Crippen LogP contribution in [0.1, 0.15) is 92.6 Å². The van der Waals surface area contributed by atoms with Gasteiger partial charge in [-0.2, -0.15) is 0 Å². The number of nitrogens with one attached hydrogen (secondary N) is 5. The molecule has 0 radical (unpaired) electrons. The Hall–Kier alpha value is -5.22. The maximum Gasteiger partial charge on any atom is 0.408 e. The average molecular weight is 764 g/mol. The van der Waals surface area contributed by atoms with Crippen molar-refractivity contribution in [3.8, 4) is 0 Å². The van der Waals surface area contributed by atoms with Gasteiger partial charge in [0.15, 0.2) is 0 Å². The molecule has 5 amide bonds. The molecule has 0 aliphatic rings. The number of carbonyl (C=O) groups is 8. The summed E-state index contributed by atoms with van der Waals surface area (Å²) in [6.45, 7) is 12.2. The molecule has 0 heterocycles. The van der Waals surface area contributed by atoms with Crippen molar-refractivity contribution >= 4 is 47.6 Å². The number of carboxylic acid groups (broad SMARTS) is 2. The minimum Gasteiger partial charge on any atom is -0.481 e. The van der Waals surface area contributed by atoms with Gasteiger partial charge in [-0.15, -0.1) is 0 Å². The number of ether oxygens (including phenoxy) is 2. The van der Waals surface area contributed by atoms with Crippen molar-refractivity contribution in [2.75, 3.05) is 7.11 Å². The van der Waals surface area contributed by atoms with Crippen molar-refractivity contribution < 1.29 is 58.0 Å². The Morgan fingerprint density at radius 1 is 0.611 bits per heavy atom. The minimum absolute atomic E-state index is 0.0410. The molecule has 0 aromatic heterocycles. The molecule has 0 aliphatic carbocycles. The van der Waals surface area contributed by atoms with Crippen LogP contribution in [-0.4, -0.2) is 101 Å². The van der Waals surface area contributed by atoms with Gasteiger partial charge in [0, 0.05) is 19.3 Å². The van der Waals surface area contributed by atoms with E-state index in [-0.39, 0.29) is 31.1 Å². The Bertz CT molecular complexity index is 1440. The molecule has 7 N–H and O–H groups in total. The van der Waals surface area contributed by atoms with E-state index in [9.17, 15) is 48.6 Å². The lowest BCUT2D eigenvalue weighted by Crippen LogP contribution is -2.59. The lowest BCUT2D eigenvalue weighted by atomic mass is 10.00. The van der Waals surface area contributed by atoms with E-state index >= 15 is 0 Å². The summed E-state index contributed by atoms with van der Waals surface area (Å²) in [5.41, 5.74) is -0.166. The number of hydrogen-bond donors (Lipinski definition) is 7. The summed E-state index contributed by atoms with van der Waals surface area (Å²) in [4.78, 5) is 102. The number of benzene rings is 1. The monoisotopic (exact) mass is 763 g/mol. The van der Waals surface area contributed by atoms with Gasteiger partial charge in [0.25, 0.3) is 0 Å². The first kappa shape index (κ1) is 46.8. The predicted molar refractivity (Wildman–Crippen MR) is 196 cm³/mol. The molecule has 17 nitrogen and oxygen atoms in total. The zero-order valence-corrected chi connectivity index (χ0v) is 32.4. The first-order chi connectivity index (χ1) is 25.1. The Kier molecular flexibility index (Phi) is 19.7. The zero-order chi connectivity index (χ0) is 41.2. The molecule has 1 rings (SSSR count). The normalized spacial score (nSPS) is 14.0. The fourth-order valence-corrected chi connectivity index (χ4v) is 5.20. The number of amides is 5. The Balaban J connectivity index is 3.37. The van der Waals surface area contributed by atoms with Crippen LogP contribution in [0.4, 0.5) is 4.79 Å². The zero-order valence-electron chi connectivity index (χ0n) is 32.4. The SMILES string of the molecule is COC(=O)[C@H](CC(C)C)NC(=O)[C@@H](CCC(=O)O)NC(=O)[C@H](CCC(=O)O)NC(=O)[C@H](CC(C)C)NC(=O)[C@H](Cc1ccccc1)NC(=O)OC(C)(C)C. The molecule has 0 unspecified atom stereocenters. The van der Waals surface area contributed by atoms with Crippen LogP contribution in [0, 0.1) is 11.8 Å². The van der Waals surface area contributed by atoms with Gasteiger partial charge in [0.1, 0.15) is 35.8 Å². The number of esters is 1. The summed E-state index contributed by atoms with van der Waals surface area (Å²) in [5, 5.41) is 31.3. The van der Waals surface area contributed by atoms with Gasteiger partial charge in [0.2, 0.25) is 23.6 Å². The highest BCUT2D eigenvalue weighted by molar-refractivity contribution is 5.96. The van der Waals surface area contributed by atoms with E-state index in [0.29, 0.717) is 5.56 Å². The molecule has 5 atom stereocenters. The van der Waals surface area contributed by atoms with Gasteiger partial charge in [-0.25, -0.2) is 9.59 Å². The fourth-order valence-electron chi connectivity index (χ4n) is 5.20. The maximum atomic E-state index is 13.8. The van der Waals surface area contributed by atoms with Crippen LogP contribution in [0.15, 0.2) is 30.3 Å². The van der Waals surface area contributed by atoms with Crippen molar-refractivity contribution in [3.63, 3.8) is 0 Å². The number of alkyl carbamates (subject to hydrolysis) is 1. The van der Waals surface area contributed by atoms with Crippen molar-refractivity contribution in [2.45, 2.75) is 129 Å². The lowest BCUT2D eigenvalue weighted by Gasteiger charge is -2.28. The van der Waals surface area contributed by atoms with Gasteiger partial charge in [-0.3, -0.25) is 28.8 Å². The molecule has 0 saturated heterocycles. The number of aliphatic carboxylic acids is 2.